The van der Waals surface area contributed by atoms with Gasteiger partial charge >= 0.3 is 0 Å². The number of benzene rings is 1. The second-order valence-corrected chi connectivity index (χ2v) is 8.29. The van der Waals surface area contributed by atoms with Gasteiger partial charge in [-0.2, -0.15) is 0 Å². The fourth-order valence-corrected chi connectivity index (χ4v) is 5.05. The molecular formula is C20H16FN3OS2. The molecule has 1 aliphatic rings. The zero-order valence-electron chi connectivity index (χ0n) is 14.7. The Bertz CT molecular complexity index is 1070. The van der Waals surface area contributed by atoms with E-state index in [0.29, 0.717) is 15.0 Å². The van der Waals surface area contributed by atoms with Crippen molar-refractivity contribution in [3.63, 3.8) is 0 Å². The molecule has 27 heavy (non-hydrogen) atoms. The molecule has 1 saturated heterocycles. The van der Waals surface area contributed by atoms with Gasteiger partial charge in [-0.15, -0.1) is 11.3 Å². The van der Waals surface area contributed by atoms with Crippen LogP contribution in [-0.2, 0) is 4.79 Å². The van der Waals surface area contributed by atoms with Crippen LogP contribution in [0, 0.1) is 25.1 Å². The van der Waals surface area contributed by atoms with E-state index in [1.807, 2.05) is 35.9 Å². The van der Waals surface area contributed by atoms with E-state index in [1.165, 1.54) is 35.2 Å². The summed E-state index contributed by atoms with van der Waals surface area (Å²) in [5.41, 5.74) is 3.74. The fraction of sp³-hybridized carbons (Fsp3) is 0.150. The minimum absolute atomic E-state index is 0.0773. The molecule has 1 fully saturated rings. The molecule has 0 aliphatic carbocycles. The van der Waals surface area contributed by atoms with E-state index in [1.54, 1.807) is 18.3 Å². The van der Waals surface area contributed by atoms with E-state index in [4.69, 9.17) is 5.41 Å². The monoisotopic (exact) mass is 397 g/mol. The number of Topliss-reactive ketones (excluding diaryl/α,β-unsaturated/α-hetero) is 1. The van der Waals surface area contributed by atoms with Crippen molar-refractivity contribution in [1.29, 1.82) is 5.41 Å². The van der Waals surface area contributed by atoms with Crippen LogP contribution in [0.5, 0.6) is 0 Å². The van der Waals surface area contributed by atoms with Crippen LogP contribution in [-0.4, -0.2) is 20.4 Å². The molecular weight excluding hydrogens is 381 g/mol. The molecule has 0 bridgehead atoms. The summed E-state index contributed by atoms with van der Waals surface area (Å²) < 4.78 is 15.3. The van der Waals surface area contributed by atoms with Gasteiger partial charge in [-0.25, -0.2) is 9.37 Å². The van der Waals surface area contributed by atoms with Crippen LogP contribution in [0.1, 0.15) is 27.9 Å². The van der Waals surface area contributed by atoms with Gasteiger partial charge in [-0.3, -0.25) is 10.2 Å². The smallest absolute Gasteiger partial charge is 0.186 e. The molecule has 136 valence electrons. The molecule has 1 aromatic carbocycles. The van der Waals surface area contributed by atoms with Crippen LogP contribution in [0.4, 0.5) is 4.39 Å². The molecule has 4 nitrogen and oxygen atoms in total. The van der Waals surface area contributed by atoms with Crippen LogP contribution >= 0.6 is 23.1 Å². The predicted octanol–water partition coefficient (Wildman–Crippen LogP) is 5.11. The number of hydrogen-bond donors (Lipinski definition) is 1. The van der Waals surface area contributed by atoms with E-state index in [-0.39, 0.29) is 11.6 Å². The second kappa shape index (κ2) is 6.90. The number of carbonyl (C=O) groups excluding carboxylic acids is 1. The summed E-state index contributed by atoms with van der Waals surface area (Å²) in [4.78, 5) is 17.6. The van der Waals surface area contributed by atoms with Gasteiger partial charge in [0.2, 0.25) is 0 Å². The standard InChI is InChI=1S/C20H16FN3OS2/c1-11-9-13(12(2)24(11)15-5-3-14(21)4-6-15)10-16-18(25)17(19(22)27-16)20-23-7-8-26-20/h3-10,17,22H,1-2H3/b16-10-,22-19?/t17-/m1/s1. The number of rotatable bonds is 3. The van der Waals surface area contributed by atoms with Gasteiger partial charge < -0.3 is 4.57 Å². The van der Waals surface area contributed by atoms with E-state index in [2.05, 4.69) is 4.98 Å². The summed E-state index contributed by atoms with van der Waals surface area (Å²) in [5.74, 6) is -0.934. The maximum absolute atomic E-state index is 13.2. The lowest BCUT2D eigenvalue weighted by atomic mass is 10.1. The number of ketones is 1. The Balaban J connectivity index is 1.71. The Kier molecular flexibility index (Phi) is 4.57. The third kappa shape index (κ3) is 3.17. The lowest BCUT2D eigenvalue weighted by molar-refractivity contribution is -0.114. The molecule has 3 aromatic rings. The first-order valence-electron chi connectivity index (χ1n) is 8.32. The van der Waals surface area contributed by atoms with Crippen molar-refractivity contribution in [2.75, 3.05) is 0 Å². The number of aromatic nitrogens is 2. The highest BCUT2D eigenvalue weighted by Crippen LogP contribution is 2.41. The van der Waals surface area contributed by atoms with Crippen LogP contribution in [0.25, 0.3) is 11.8 Å². The molecule has 0 saturated carbocycles. The lowest BCUT2D eigenvalue weighted by Crippen LogP contribution is -2.11. The molecule has 1 N–H and O–H groups in total. The predicted molar refractivity (Wildman–Crippen MR) is 108 cm³/mol. The molecule has 7 heteroatoms. The Morgan fingerprint density at radius 3 is 2.67 bits per heavy atom. The highest BCUT2D eigenvalue weighted by atomic mass is 32.2. The van der Waals surface area contributed by atoms with E-state index < -0.39 is 5.92 Å². The second-order valence-electron chi connectivity index (χ2n) is 6.28. The zero-order valence-corrected chi connectivity index (χ0v) is 16.3. The Hall–Kier alpha value is -2.51. The SMILES string of the molecule is Cc1cc(/C=C2\SC(=N)[C@H](c3nccs3)C2=O)c(C)n1-c1ccc(F)cc1. The molecule has 2 aromatic heterocycles. The number of allylic oxidation sites excluding steroid dienone is 1. The molecule has 0 amide bonds. The third-order valence-electron chi connectivity index (χ3n) is 4.53. The summed E-state index contributed by atoms with van der Waals surface area (Å²) in [6, 6.07) is 8.33. The van der Waals surface area contributed by atoms with Crippen LogP contribution in [0.3, 0.4) is 0 Å². The van der Waals surface area contributed by atoms with E-state index >= 15 is 0 Å². The Morgan fingerprint density at radius 2 is 2.00 bits per heavy atom. The summed E-state index contributed by atoms with van der Waals surface area (Å²) in [6.45, 7) is 3.94. The first-order valence-corrected chi connectivity index (χ1v) is 10.0. The normalized spacial score (nSPS) is 18.6. The van der Waals surface area contributed by atoms with Gasteiger partial charge in [-0.05, 0) is 55.8 Å². The van der Waals surface area contributed by atoms with Gasteiger partial charge in [0.05, 0.1) is 9.95 Å². The van der Waals surface area contributed by atoms with Crippen molar-refractivity contribution < 1.29 is 9.18 Å². The summed E-state index contributed by atoms with van der Waals surface area (Å²) in [7, 11) is 0. The van der Waals surface area contributed by atoms with Gasteiger partial charge in [0, 0.05) is 28.7 Å². The maximum atomic E-state index is 13.2. The first-order chi connectivity index (χ1) is 13.0. The van der Waals surface area contributed by atoms with E-state index in [9.17, 15) is 9.18 Å². The van der Waals surface area contributed by atoms with Gasteiger partial charge in [-0.1, -0.05) is 11.8 Å². The summed E-state index contributed by atoms with van der Waals surface area (Å²) in [6.07, 6.45) is 3.50. The van der Waals surface area contributed by atoms with Crippen molar-refractivity contribution in [1.82, 2.24) is 9.55 Å². The fourth-order valence-electron chi connectivity index (χ4n) is 3.25. The largest absolute Gasteiger partial charge is 0.318 e. The first kappa shape index (κ1) is 17.9. The molecule has 0 spiro atoms. The van der Waals surface area contributed by atoms with Crippen molar-refractivity contribution in [2.45, 2.75) is 19.8 Å². The maximum Gasteiger partial charge on any atom is 0.186 e. The topological polar surface area (TPSA) is 58.7 Å². The molecule has 4 rings (SSSR count). The molecule has 3 heterocycles. The van der Waals surface area contributed by atoms with Crippen molar-refractivity contribution >= 4 is 40.0 Å². The minimum Gasteiger partial charge on any atom is -0.318 e. The number of aryl methyl sites for hydroxylation is 1. The molecule has 1 aliphatic heterocycles. The number of nitrogens with one attached hydrogen (secondary N) is 1. The average molecular weight is 398 g/mol. The molecule has 0 radical (unpaired) electrons. The molecule has 0 unspecified atom stereocenters. The van der Waals surface area contributed by atoms with Gasteiger partial charge in [0.1, 0.15) is 16.7 Å². The van der Waals surface area contributed by atoms with Gasteiger partial charge in [0.15, 0.2) is 5.78 Å². The highest BCUT2D eigenvalue weighted by Gasteiger charge is 2.38. The Morgan fingerprint density at radius 1 is 1.26 bits per heavy atom. The highest BCUT2D eigenvalue weighted by molar-refractivity contribution is 8.19. The van der Waals surface area contributed by atoms with Crippen molar-refractivity contribution in [3.05, 3.63) is 74.6 Å². The van der Waals surface area contributed by atoms with Crippen molar-refractivity contribution in [2.24, 2.45) is 0 Å². The number of nitrogens with zero attached hydrogens (tertiary/aromatic N) is 2. The number of carbonyl (C=O) groups is 1. The Labute approximate surface area is 164 Å². The number of halogens is 1. The zero-order chi connectivity index (χ0) is 19.1. The van der Waals surface area contributed by atoms with Crippen LogP contribution < -0.4 is 0 Å². The lowest BCUT2D eigenvalue weighted by Gasteiger charge is -2.09. The van der Waals surface area contributed by atoms with Gasteiger partial charge in [0.25, 0.3) is 0 Å². The summed E-state index contributed by atoms with van der Waals surface area (Å²) in [5, 5.41) is 11.0. The third-order valence-corrected chi connectivity index (χ3v) is 6.36. The summed E-state index contributed by atoms with van der Waals surface area (Å²) >= 11 is 2.60. The quantitative estimate of drug-likeness (QED) is 0.625. The van der Waals surface area contributed by atoms with Crippen LogP contribution in [0.15, 0.2) is 46.8 Å². The van der Waals surface area contributed by atoms with E-state index in [0.717, 1.165) is 22.6 Å². The van der Waals surface area contributed by atoms with Crippen LogP contribution in [0.2, 0.25) is 0 Å². The number of thioether (sulfide) groups is 1. The molecule has 1 atom stereocenters. The van der Waals surface area contributed by atoms with Crippen molar-refractivity contribution in [3.8, 4) is 5.69 Å². The average Bonchev–Trinajstić information content (AvgIpc) is 3.31. The number of hydrogen-bond acceptors (Lipinski definition) is 5. The minimum atomic E-state index is -0.582. The number of thiazole rings is 1.